The molecule has 17 heavy (non-hydrogen) atoms. The van der Waals surface area contributed by atoms with Crippen LogP contribution in [0.25, 0.3) is 0 Å². The van der Waals surface area contributed by atoms with Crippen LogP contribution in [0.1, 0.15) is 24.5 Å². The second-order valence-corrected chi connectivity index (χ2v) is 4.79. The zero-order valence-corrected chi connectivity index (χ0v) is 11.2. The molecule has 0 saturated carbocycles. The molecule has 0 heterocycles. The molecule has 1 unspecified atom stereocenters. The average molecular weight is 234 g/mol. The van der Waals surface area contributed by atoms with Crippen molar-refractivity contribution < 1.29 is 4.79 Å². The summed E-state index contributed by atoms with van der Waals surface area (Å²) in [5, 5.41) is 0. The van der Waals surface area contributed by atoms with E-state index in [0.717, 1.165) is 11.3 Å². The van der Waals surface area contributed by atoms with Crippen LogP contribution in [0, 0.1) is 19.8 Å². The minimum atomic E-state index is 0.120. The zero-order chi connectivity index (χ0) is 13.0. The Morgan fingerprint density at radius 1 is 1.41 bits per heavy atom. The Balaban J connectivity index is 2.81. The van der Waals surface area contributed by atoms with Crippen LogP contribution in [0.15, 0.2) is 18.2 Å². The van der Waals surface area contributed by atoms with Gasteiger partial charge in [0, 0.05) is 19.2 Å². The zero-order valence-electron chi connectivity index (χ0n) is 11.2. The third-order valence-electron chi connectivity index (χ3n) is 3.01. The Morgan fingerprint density at radius 3 is 2.59 bits per heavy atom. The number of anilines is 1. The van der Waals surface area contributed by atoms with E-state index in [1.807, 2.05) is 33.0 Å². The Morgan fingerprint density at radius 2 is 2.06 bits per heavy atom. The maximum absolute atomic E-state index is 12.0. The summed E-state index contributed by atoms with van der Waals surface area (Å²) in [6.07, 6.45) is 0.500. The second-order valence-electron chi connectivity index (χ2n) is 4.79. The van der Waals surface area contributed by atoms with Crippen LogP contribution in [0.3, 0.4) is 0 Å². The van der Waals surface area contributed by atoms with Crippen LogP contribution >= 0.6 is 0 Å². The van der Waals surface area contributed by atoms with Crippen LogP contribution in [0.4, 0.5) is 5.69 Å². The molecule has 0 saturated heterocycles. The largest absolute Gasteiger partial charge is 0.330 e. The van der Waals surface area contributed by atoms with E-state index < -0.39 is 0 Å². The molecular formula is C14H22N2O. The van der Waals surface area contributed by atoms with Crippen LogP contribution in [-0.4, -0.2) is 19.5 Å². The number of nitrogens with two attached hydrogens (primary N) is 1. The Hall–Kier alpha value is -1.35. The third kappa shape index (κ3) is 3.56. The van der Waals surface area contributed by atoms with Crippen LogP contribution in [0.2, 0.25) is 0 Å². The summed E-state index contributed by atoms with van der Waals surface area (Å²) in [4.78, 5) is 13.7. The summed E-state index contributed by atoms with van der Waals surface area (Å²) in [5.74, 6) is 0.352. The van der Waals surface area contributed by atoms with Crippen LogP contribution in [0.5, 0.6) is 0 Å². The number of benzene rings is 1. The van der Waals surface area contributed by atoms with Gasteiger partial charge in [0.15, 0.2) is 0 Å². The number of amides is 1. The molecule has 0 fully saturated rings. The van der Waals surface area contributed by atoms with E-state index in [2.05, 4.69) is 13.0 Å². The van der Waals surface area contributed by atoms with Gasteiger partial charge in [-0.1, -0.05) is 24.6 Å². The lowest BCUT2D eigenvalue weighted by molar-refractivity contribution is -0.119. The highest BCUT2D eigenvalue weighted by Crippen LogP contribution is 2.21. The van der Waals surface area contributed by atoms with Crippen molar-refractivity contribution in [2.45, 2.75) is 27.2 Å². The molecular weight excluding hydrogens is 212 g/mol. The van der Waals surface area contributed by atoms with E-state index in [1.54, 1.807) is 4.90 Å². The van der Waals surface area contributed by atoms with Crippen molar-refractivity contribution in [2.24, 2.45) is 11.7 Å². The molecule has 3 heteroatoms. The molecule has 0 aliphatic rings. The molecule has 0 radical (unpaired) electrons. The van der Waals surface area contributed by atoms with Gasteiger partial charge in [-0.15, -0.1) is 0 Å². The quantitative estimate of drug-likeness (QED) is 0.868. The second kappa shape index (κ2) is 5.82. The van der Waals surface area contributed by atoms with Gasteiger partial charge in [-0.3, -0.25) is 4.79 Å². The minimum absolute atomic E-state index is 0.120. The first kappa shape index (κ1) is 13.7. The smallest absolute Gasteiger partial charge is 0.227 e. The normalized spacial score (nSPS) is 12.3. The number of carbonyl (C=O) groups excluding carboxylic acids is 1. The summed E-state index contributed by atoms with van der Waals surface area (Å²) in [6.45, 7) is 6.62. The topological polar surface area (TPSA) is 46.3 Å². The van der Waals surface area contributed by atoms with E-state index in [4.69, 9.17) is 5.73 Å². The number of hydrogen-bond donors (Lipinski definition) is 1. The lowest BCUT2D eigenvalue weighted by Crippen LogP contribution is -2.29. The minimum Gasteiger partial charge on any atom is -0.330 e. The average Bonchev–Trinajstić information content (AvgIpc) is 2.28. The lowest BCUT2D eigenvalue weighted by atomic mass is 10.1. The van der Waals surface area contributed by atoms with Crippen LogP contribution < -0.4 is 10.6 Å². The van der Waals surface area contributed by atoms with Gasteiger partial charge in [0.2, 0.25) is 5.91 Å². The lowest BCUT2D eigenvalue weighted by Gasteiger charge is -2.21. The van der Waals surface area contributed by atoms with Gasteiger partial charge in [-0.05, 0) is 37.9 Å². The van der Waals surface area contributed by atoms with Crippen LogP contribution in [-0.2, 0) is 4.79 Å². The van der Waals surface area contributed by atoms with Gasteiger partial charge in [0.25, 0.3) is 0 Å². The fourth-order valence-corrected chi connectivity index (χ4v) is 1.83. The summed E-state index contributed by atoms with van der Waals surface area (Å²) >= 11 is 0. The molecule has 1 amide bonds. The number of carbonyl (C=O) groups is 1. The highest BCUT2D eigenvalue weighted by Gasteiger charge is 2.15. The van der Waals surface area contributed by atoms with Crippen molar-refractivity contribution in [3.63, 3.8) is 0 Å². The summed E-state index contributed by atoms with van der Waals surface area (Å²) in [6, 6.07) is 6.11. The maximum atomic E-state index is 12.0. The van der Waals surface area contributed by atoms with Gasteiger partial charge in [0.1, 0.15) is 0 Å². The number of nitrogens with zero attached hydrogens (tertiary/aromatic N) is 1. The van der Waals surface area contributed by atoms with Crippen molar-refractivity contribution in [3.8, 4) is 0 Å². The molecule has 1 aromatic carbocycles. The SMILES string of the molecule is Cc1ccc(N(C)C(=O)CC(C)CN)c(C)c1. The highest BCUT2D eigenvalue weighted by atomic mass is 16.2. The van der Waals surface area contributed by atoms with Crippen molar-refractivity contribution >= 4 is 11.6 Å². The third-order valence-corrected chi connectivity index (χ3v) is 3.01. The van der Waals surface area contributed by atoms with Gasteiger partial charge < -0.3 is 10.6 Å². The molecule has 0 aliphatic heterocycles. The molecule has 0 aliphatic carbocycles. The summed E-state index contributed by atoms with van der Waals surface area (Å²) < 4.78 is 0. The first-order valence-electron chi connectivity index (χ1n) is 5.99. The predicted molar refractivity (Wildman–Crippen MR) is 72.2 cm³/mol. The van der Waals surface area contributed by atoms with Gasteiger partial charge in [-0.25, -0.2) is 0 Å². The molecule has 1 rings (SSSR count). The highest BCUT2D eigenvalue weighted by molar-refractivity contribution is 5.93. The van der Waals surface area contributed by atoms with E-state index in [0.29, 0.717) is 13.0 Å². The maximum Gasteiger partial charge on any atom is 0.227 e. The molecule has 2 N–H and O–H groups in total. The molecule has 1 aromatic rings. The van der Waals surface area contributed by atoms with E-state index in [1.165, 1.54) is 5.56 Å². The fraction of sp³-hybridized carbons (Fsp3) is 0.500. The molecule has 1 atom stereocenters. The molecule has 0 bridgehead atoms. The van der Waals surface area contributed by atoms with E-state index >= 15 is 0 Å². The molecule has 0 spiro atoms. The number of hydrogen-bond acceptors (Lipinski definition) is 2. The molecule has 0 aromatic heterocycles. The molecule has 3 nitrogen and oxygen atoms in total. The van der Waals surface area contributed by atoms with Gasteiger partial charge >= 0.3 is 0 Å². The van der Waals surface area contributed by atoms with Crippen molar-refractivity contribution in [1.29, 1.82) is 0 Å². The van der Waals surface area contributed by atoms with E-state index in [-0.39, 0.29) is 11.8 Å². The Kier molecular flexibility index (Phi) is 4.70. The van der Waals surface area contributed by atoms with Crippen molar-refractivity contribution in [3.05, 3.63) is 29.3 Å². The fourth-order valence-electron chi connectivity index (χ4n) is 1.83. The monoisotopic (exact) mass is 234 g/mol. The first-order chi connectivity index (χ1) is 7.95. The summed E-state index contributed by atoms with van der Waals surface area (Å²) in [7, 11) is 1.82. The van der Waals surface area contributed by atoms with Gasteiger partial charge in [0.05, 0.1) is 0 Å². The van der Waals surface area contributed by atoms with Crippen molar-refractivity contribution in [2.75, 3.05) is 18.5 Å². The standard InChI is InChI=1S/C14H22N2O/c1-10-5-6-13(12(3)7-10)16(4)14(17)8-11(2)9-15/h5-7,11H,8-9,15H2,1-4H3. The first-order valence-corrected chi connectivity index (χ1v) is 5.99. The van der Waals surface area contributed by atoms with E-state index in [9.17, 15) is 4.79 Å². The Bertz CT molecular complexity index is 401. The Labute approximate surface area is 104 Å². The summed E-state index contributed by atoms with van der Waals surface area (Å²) in [5.41, 5.74) is 8.85. The predicted octanol–water partition coefficient (Wildman–Crippen LogP) is 2.25. The van der Waals surface area contributed by atoms with Gasteiger partial charge in [-0.2, -0.15) is 0 Å². The number of aryl methyl sites for hydroxylation is 2. The number of rotatable bonds is 4. The molecule has 94 valence electrons. The van der Waals surface area contributed by atoms with Crippen molar-refractivity contribution in [1.82, 2.24) is 0 Å².